The van der Waals surface area contributed by atoms with E-state index in [1.807, 2.05) is 6.07 Å². The zero-order valence-electron chi connectivity index (χ0n) is 11.5. The van der Waals surface area contributed by atoms with Crippen LogP contribution in [0, 0.1) is 5.82 Å². The van der Waals surface area contributed by atoms with E-state index in [-0.39, 0.29) is 5.82 Å². The first-order valence-corrected chi connectivity index (χ1v) is 8.23. The van der Waals surface area contributed by atoms with E-state index in [1.54, 1.807) is 0 Å². The van der Waals surface area contributed by atoms with Crippen LogP contribution in [0.2, 0.25) is 5.02 Å². The van der Waals surface area contributed by atoms with Crippen molar-refractivity contribution in [2.45, 2.75) is 18.3 Å². The van der Waals surface area contributed by atoms with E-state index in [9.17, 15) is 4.39 Å². The lowest BCUT2D eigenvalue weighted by Crippen LogP contribution is -2.34. The maximum Gasteiger partial charge on any atom is 0.124 e. The minimum atomic E-state index is -0.280. The molecular formula is C17H16BrClFN. The van der Waals surface area contributed by atoms with Crippen molar-refractivity contribution in [2.75, 3.05) is 13.1 Å². The molecule has 0 saturated carbocycles. The molecule has 1 aliphatic heterocycles. The van der Waals surface area contributed by atoms with E-state index < -0.39 is 0 Å². The summed E-state index contributed by atoms with van der Waals surface area (Å²) in [5.74, 6) is 0.396. The molecule has 0 aromatic heterocycles. The Morgan fingerprint density at radius 3 is 2.57 bits per heavy atom. The lowest BCUT2D eigenvalue weighted by atomic mass is 9.77. The molecule has 1 fully saturated rings. The molecule has 2 unspecified atom stereocenters. The predicted octanol–water partition coefficient (Wildman–Crippen LogP) is 5.10. The van der Waals surface area contributed by atoms with Gasteiger partial charge in [0.15, 0.2) is 0 Å². The molecule has 0 aliphatic carbocycles. The first kappa shape index (κ1) is 15.0. The Labute approximate surface area is 137 Å². The van der Waals surface area contributed by atoms with Crippen molar-refractivity contribution < 1.29 is 4.39 Å². The molecule has 1 nitrogen and oxygen atoms in total. The Kier molecular flexibility index (Phi) is 4.63. The van der Waals surface area contributed by atoms with Gasteiger partial charge in [0.1, 0.15) is 5.82 Å². The summed E-state index contributed by atoms with van der Waals surface area (Å²) in [6.07, 6.45) is 1.01. The van der Waals surface area contributed by atoms with Gasteiger partial charge in [0.25, 0.3) is 0 Å². The van der Waals surface area contributed by atoms with Crippen LogP contribution in [-0.2, 0) is 0 Å². The summed E-state index contributed by atoms with van der Waals surface area (Å²) in [6, 6.07) is 13.2. The molecule has 0 radical (unpaired) electrons. The van der Waals surface area contributed by atoms with Crippen LogP contribution in [0.1, 0.15) is 29.4 Å². The molecule has 0 spiro atoms. The Hall–Kier alpha value is -0.900. The van der Waals surface area contributed by atoms with Crippen LogP contribution < -0.4 is 5.32 Å². The second-order valence-electron chi connectivity index (χ2n) is 5.42. The zero-order chi connectivity index (χ0) is 14.8. The minimum Gasteiger partial charge on any atom is -0.316 e. The molecule has 1 N–H and O–H groups in total. The minimum absolute atomic E-state index is 0.280. The highest BCUT2D eigenvalue weighted by atomic mass is 79.9. The van der Waals surface area contributed by atoms with E-state index in [0.29, 0.717) is 16.9 Å². The average Bonchev–Trinajstić information content (AvgIpc) is 2.48. The topological polar surface area (TPSA) is 12.0 Å². The van der Waals surface area contributed by atoms with Crippen molar-refractivity contribution in [2.24, 2.45) is 0 Å². The van der Waals surface area contributed by atoms with Gasteiger partial charge in [-0.25, -0.2) is 4.39 Å². The van der Waals surface area contributed by atoms with E-state index in [0.717, 1.165) is 29.5 Å². The number of hydrogen-bond acceptors (Lipinski definition) is 1. The lowest BCUT2D eigenvalue weighted by molar-refractivity contribution is 0.404. The average molecular weight is 369 g/mol. The number of hydrogen-bond donors (Lipinski definition) is 1. The maximum absolute atomic E-state index is 13.3. The van der Waals surface area contributed by atoms with Crippen LogP contribution in [0.4, 0.5) is 4.39 Å². The van der Waals surface area contributed by atoms with Crippen molar-refractivity contribution in [1.29, 1.82) is 0 Å². The fourth-order valence-corrected chi connectivity index (χ4v) is 3.66. The SMILES string of the molecule is Fc1ccc(C2CCNCC2c2ccc(Br)cc2)c(Cl)c1. The second kappa shape index (κ2) is 6.47. The third kappa shape index (κ3) is 3.31. The normalized spacial score (nSPS) is 22.2. The van der Waals surface area contributed by atoms with Crippen LogP contribution in [0.25, 0.3) is 0 Å². The Balaban J connectivity index is 1.96. The van der Waals surface area contributed by atoms with Gasteiger partial charge in [0, 0.05) is 22.0 Å². The second-order valence-corrected chi connectivity index (χ2v) is 6.75. The zero-order valence-corrected chi connectivity index (χ0v) is 13.8. The van der Waals surface area contributed by atoms with Crippen molar-refractivity contribution in [1.82, 2.24) is 5.32 Å². The molecule has 1 saturated heterocycles. The largest absolute Gasteiger partial charge is 0.316 e. The predicted molar refractivity (Wildman–Crippen MR) is 88.5 cm³/mol. The highest BCUT2D eigenvalue weighted by Gasteiger charge is 2.29. The lowest BCUT2D eigenvalue weighted by Gasteiger charge is -2.33. The number of benzene rings is 2. The third-order valence-electron chi connectivity index (χ3n) is 4.14. The first-order chi connectivity index (χ1) is 10.1. The fraction of sp³-hybridized carbons (Fsp3) is 0.294. The molecule has 1 heterocycles. The van der Waals surface area contributed by atoms with Gasteiger partial charge in [-0.1, -0.05) is 45.7 Å². The smallest absolute Gasteiger partial charge is 0.124 e. The van der Waals surface area contributed by atoms with Crippen LogP contribution in [-0.4, -0.2) is 13.1 Å². The summed E-state index contributed by atoms with van der Waals surface area (Å²) in [6.45, 7) is 1.88. The van der Waals surface area contributed by atoms with Crippen molar-refractivity contribution >= 4 is 27.5 Å². The van der Waals surface area contributed by atoms with Gasteiger partial charge in [-0.2, -0.15) is 0 Å². The molecule has 2 atom stereocenters. The van der Waals surface area contributed by atoms with Crippen molar-refractivity contribution in [3.8, 4) is 0 Å². The Bertz CT molecular complexity index is 629. The highest BCUT2D eigenvalue weighted by molar-refractivity contribution is 9.10. The Morgan fingerprint density at radius 2 is 1.86 bits per heavy atom. The van der Waals surface area contributed by atoms with Gasteiger partial charge in [-0.05, 0) is 54.3 Å². The molecular weight excluding hydrogens is 353 g/mol. The van der Waals surface area contributed by atoms with E-state index >= 15 is 0 Å². The Morgan fingerprint density at radius 1 is 1.10 bits per heavy atom. The summed E-state index contributed by atoms with van der Waals surface area (Å²) in [5.41, 5.74) is 2.34. The number of piperidine rings is 1. The quantitative estimate of drug-likeness (QED) is 0.777. The molecule has 1 aliphatic rings. The molecule has 2 aromatic rings. The van der Waals surface area contributed by atoms with E-state index in [1.165, 1.54) is 17.7 Å². The monoisotopic (exact) mass is 367 g/mol. The molecule has 2 aromatic carbocycles. The van der Waals surface area contributed by atoms with Crippen LogP contribution in [0.15, 0.2) is 46.9 Å². The standard InChI is InChI=1S/C17H16BrClFN/c18-12-3-1-11(2-4-12)16-10-21-8-7-14(16)15-6-5-13(20)9-17(15)19/h1-6,9,14,16,21H,7-8,10H2. The van der Waals surface area contributed by atoms with Crippen LogP contribution in [0.3, 0.4) is 0 Å². The molecule has 21 heavy (non-hydrogen) atoms. The van der Waals surface area contributed by atoms with E-state index in [4.69, 9.17) is 11.6 Å². The van der Waals surface area contributed by atoms with Crippen molar-refractivity contribution in [3.05, 3.63) is 68.9 Å². The number of halogens is 3. The van der Waals surface area contributed by atoms with Crippen LogP contribution in [0.5, 0.6) is 0 Å². The summed E-state index contributed by atoms with van der Waals surface area (Å²) in [5, 5.41) is 3.98. The molecule has 110 valence electrons. The molecule has 4 heteroatoms. The number of rotatable bonds is 2. The maximum atomic E-state index is 13.3. The highest BCUT2D eigenvalue weighted by Crippen LogP contribution is 2.40. The van der Waals surface area contributed by atoms with Gasteiger partial charge in [0.2, 0.25) is 0 Å². The molecule has 0 amide bonds. The van der Waals surface area contributed by atoms with Gasteiger partial charge < -0.3 is 5.32 Å². The summed E-state index contributed by atoms with van der Waals surface area (Å²) >= 11 is 9.74. The summed E-state index contributed by atoms with van der Waals surface area (Å²) < 4.78 is 14.4. The fourth-order valence-electron chi connectivity index (χ4n) is 3.09. The van der Waals surface area contributed by atoms with Gasteiger partial charge in [0.05, 0.1) is 0 Å². The van der Waals surface area contributed by atoms with Gasteiger partial charge in [-0.3, -0.25) is 0 Å². The van der Waals surface area contributed by atoms with Gasteiger partial charge in [-0.15, -0.1) is 0 Å². The molecule has 0 bridgehead atoms. The summed E-state index contributed by atoms with van der Waals surface area (Å²) in [4.78, 5) is 0. The van der Waals surface area contributed by atoms with Gasteiger partial charge >= 0.3 is 0 Å². The number of nitrogens with one attached hydrogen (secondary N) is 1. The summed E-state index contributed by atoms with van der Waals surface area (Å²) in [7, 11) is 0. The first-order valence-electron chi connectivity index (χ1n) is 7.06. The van der Waals surface area contributed by atoms with E-state index in [2.05, 4.69) is 45.5 Å². The molecule has 3 rings (SSSR count). The third-order valence-corrected chi connectivity index (χ3v) is 5.00. The van der Waals surface area contributed by atoms with Crippen molar-refractivity contribution in [3.63, 3.8) is 0 Å². The van der Waals surface area contributed by atoms with Crippen LogP contribution >= 0.6 is 27.5 Å².